The van der Waals surface area contributed by atoms with Crippen LogP contribution in [0, 0.1) is 0 Å². The van der Waals surface area contributed by atoms with Crippen LogP contribution in [0.25, 0.3) is 0 Å². The van der Waals surface area contributed by atoms with Gasteiger partial charge in [0.1, 0.15) is 6.10 Å². The molecule has 1 atom stereocenters. The number of carbonyl (C=O) groups excluding carboxylic acids is 1. The highest BCUT2D eigenvalue weighted by Crippen LogP contribution is 2.27. The minimum Gasteiger partial charge on any atom is -0.450 e. The minimum atomic E-state index is -0.250. The molecule has 2 rings (SSSR count). The second-order valence-electron chi connectivity index (χ2n) is 3.23. The quantitative estimate of drug-likeness (QED) is 0.664. The minimum absolute atomic E-state index is 0.245. The zero-order chi connectivity index (χ0) is 10.1. The van der Waals surface area contributed by atoms with Crippen molar-refractivity contribution in [1.82, 2.24) is 0 Å². The molecule has 0 aromatic heterocycles. The summed E-state index contributed by atoms with van der Waals surface area (Å²) in [6.07, 6.45) is 1.56. The fourth-order valence-electron chi connectivity index (χ4n) is 1.35. The third kappa shape index (κ3) is 1.66. The molecule has 0 spiro atoms. The molecule has 0 bridgehead atoms. The molecule has 3 heteroatoms. The molecule has 1 aromatic rings. The fourth-order valence-corrected chi connectivity index (χ4v) is 1.48. The van der Waals surface area contributed by atoms with Crippen molar-refractivity contribution < 1.29 is 9.53 Å². The second kappa shape index (κ2) is 3.46. The number of hydrogen-bond donors (Lipinski definition) is 0. The Bertz CT molecular complexity index is 392. The van der Waals surface area contributed by atoms with Gasteiger partial charge in [0.25, 0.3) is 0 Å². The van der Waals surface area contributed by atoms with E-state index in [1.807, 2.05) is 18.2 Å². The SMILES string of the molecule is CC1=CC(c2ccc(Cl)cc2)OC1=O. The molecule has 1 aliphatic heterocycles. The van der Waals surface area contributed by atoms with E-state index in [4.69, 9.17) is 16.3 Å². The van der Waals surface area contributed by atoms with Gasteiger partial charge in [-0.1, -0.05) is 23.7 Å². The summed E-state index contributed by atoms with van der Waals surface area (Å²) in [5, 5.41) is 0.679. The van der Waals surface area contributed by atoms with E-state index in [0.29, 0.717) is 10.6 Å². The van der Waals surface area contributed by atoms with Gasteiger partial charge >= 0.3 is 5.97 Å². The number of ether oxygens (including phenoxy) is 1. The third-order valence-electron chi connectivity index (χ3n) is 2.16. The van der Waals surface area contributed by atoms with Crippen molar-refractivity contribution in [2.45, 2.75) is 13.0 Å². The zero-order valence-electron chi connectivity index (χ0n) is 7.66. The largest absolute Gasteiger partial charge is 0.450 e. The Hall–Kier alpha value is -1.28. The van der Waals surface area contributed by atoms with Crippen molar-refractivity contribution in [3.8, 4) is 0 Å². The fraction of sp³-hybridized carbons (Fsp3) is 0.182. The van der Waals surface area contributed by atoms with Gasteiger partial charge in [0, 0.05) is 10.6 Å². The van der Waals surface area contributed by atoms with Gasteiger partial charge in [-0.2, -0.15) is 0 Å². The van der Waals surface area contributed by atoms with Gasteiger partial charge in [0.05, 0.1) is 0 Å². The van der Waals surface area contributed by atoms with E-state index in [0.717, 1.165) is 5.56 Å². The smallest absolute Gasteiger partial charge is 0.334 e. The van der Waals surface area contributed by atoms with Gasteiger partial charge in [-0.15, -0.1) is 0 Å². The van der Waals surface area contributed by atoms with Crippen molar-refractivity contribution in [3.05, 3.63) is 46.5 Å². The summed E-state index contributed by atoms with van der Waals surface area (Å²) in [5.74, 6) is -0.245. The van der Waals surface area contributed by atoms with Crippen LogP contribution in [-0.2, 0) is 9.53 Å². The maximum Gasteiger partial charge on any atom is 0.334 e. The average Bonchev–Trinajstić information content (AvgIpc) is 2.48. The molecule has 2 nitrogen and oxygen atoms in total. The Labute approximate surface area is 87.1 Å². The first kappa shape index (κ1) is 9.28. The molecule has 1 aliphatic rings. The van der Waals surface area contributed by atoms with Crippen molar-refractivity contribution >= 4 is 17.6 Å². The van der Waals surface area contributed by atoms with Gasteiger partial charge in [-0.3, -0.25) is 0 Å². The number of hydrogen-bond acceptors (Lipinski definition) is 2. The van der Waals surface area contributed by atoms with Crippen molar-refractivity contribution in [1.29, 1.82) is 0 Å². The van der Waals surface area contributed by atoms with E-state index in [9.17, 15) is 4.79 Å². The van der Waals surface area contributed by atoms with Crippen LogP contribution in [0.5, 0.6) is 0 Å². The van der Waals surface area contributed by atoms with Crippen LogP contribution in [0.2, 0.25) is 5.02 Å². The molecule has 0 saturated carbocycles. The molecular weight excluding hydrogens is 200 g/mol. The molecule has 0 saturated heterocycles. The molecule has 1 aromatic carbocycles. The summed E-state index contributed by atoms with van der Waals surface area (Å²) in [6, 6.07) is 7.28. The van der Waals surface area contributed by atoms with Gasteiger partial charge < -0.3 is 4.74 Å². The van der Waals surface area contributed by atoms with Crippen molar-refractivity contribution in [2.24, 2.45) is 0 Å². The van der Waals surface area contributed by atoms with E-state index in [1.165, 1.54) is 0 Å². The van der Waals surface area contributed by atoms with Crippen LogP contribution in [0.4, 0.5) is 0 Å². The number of halogens is 1. The van der Waals surface area contributed by atoms with Gasteiger partial charge in [-0.25, -0.2) is 4.79 Å². The normalized spacial score (nSPS) is 20.6. The monoisotopic (exact) mass is 208 g/mol. The average molecular weight is 209 g/mol. The molecule has 14 heavy (non-hydrogen) atoms. The Morgan fingerprint density at radius 2 is 1.93 bits per heavy atom. The summed E-state index contributed by atoms with van der Waals surface area (Å²) in [6.45, 7) is 1.75. The van der Waals surface area contributed by atoms with Crippen molar-refractivity contribution in [3.63, 3.8) is 0 Å². The molecule has 1 unspecified atom stereocenters. The number of benzene rings is 1. The predicted octanol–water partition coefficient (Wildman–Crippen LogP) is 2.88. The van der Waals surface area contributed by atoms with E-state index in [1.54, 1.807) is 19.1 Å². The number of carbonyl (C=O) groups is 1. The van der Waals surface area contributed by atoms with Crippen LogP contribution in [0.3, 0.4) is 0 Å². The first-order valence-electron chi connectivity index (χ1n) is 4.31. The second-order valence-corrected chi connectivity index (χ2v) is 3.66. The molecule has 1 heterocycles. The van der Waals surface area contributed by atoms with E-state index in [-0.39, 0.29) is 12.1 Å². The Balaban J connectivity index is 2.26. The Kier molecular flexibility index (Phi) is 2.30. The molecule has 0 N–H and O–H groups in total. The van der Waals surface area contributed by atoms with Gasteiger partial charge in [0.15, 0.2) is 0 Å². The lowest BCUT2D eigenvalue weighted by Crippen LogP contribution is -2.00. The first-order valence-corrected chi connectivity index (χ1v) is 4.69. The van der Waals surface area contributed by atoms with Gasteiger partial charge in [-0.05, 0) is 30.7 Å². The summed E-state index contributed by atoms with van der Waals surface area (Å²) in [4.78, 5) is 11.1. The van der Waals surface area contributed by atoms with Crippen LogP contribution < -0.4 is 0 Å². The summed E-state index contributed by atoms with van der Waals surface area (Å²) >= 11 is 5.75. The van der Waals surface area contributed by atoms with E-state index >= 15 is 0 Å². The summed E-state index contributed by atoms with van der Waals surface area (Å²) in [5.41, 5.74) is 1.60. The first-order chi connectivity index (χ1) is 6.66. The van der Waals surface area contributed by atoms with Crippen LogP contribution in [0.15, 0.2) is 35.9 Å². The van der Waals surface area contributed by atoms with Crippen molar-refractivity contribution in [2.75, 3.05) is 0 Å². The number of esters is 1. The highest BCUT2D eigenvalue weighted by Gasteiger charge is 2.23. The summed E-state index contributed by atoms with van der Waals surface area (Å²) in [7, 11) is 0. The Morgan fingerprint density at radius 3 is 2.43 bits per heavy atom. The van der Waals surface area contributed by atoms with Crippen LogP contribution in [0.1, 0.15) is 18.6 Å². The molecule has 0 fully saturated rings. The van der Waals surface area contributed by atoms with E-state index in [2.05, 4.69) is 0 Å². The van der Waals surface area contributed by atoms with Crippen LogP contribution >= 0.6 is 11.6 Å². The Morgan fingerprint density at radius 1 is 1.29 bits per heavy atom. The lowest BCUT2D eigenvalue weighted by Gasteiger charge is -2.07. The van der Waals surface area contributed by atoms with Gasteiger partial charge in [0.2, 0.25) is 0 Å². The highest BCUT2D eigenvalue weighted by molar-refractivity contribution is 6.30. The number of rotatable bonds is 1. The molecule has 0 radical (unpaired) electrons. The number of cyclic esters (lactones) is 1. The lowest BCUT2D eigenvalue weighted by molar-refractivity contribution is -0.139. The molecule has 0 amide bonds. The van der Waals surface area contributed by atoms with E-state index < -0.39 is 0 Å². The highest BCUT2D eigenvalue weighted by atomic mass is 35.5. The third-order valence-corrected chi connectivity index (χ3v) is 2.41. The summed E-state index contributed by atoms with van der Waals surface area (Å²) < 4.78 is 5.12. The maximum absolute atomic E-state index is 11.1. The molecule has 72 valence electrons. The predicted molar refractivity (Wildman–Crippen MR) is 54.0 cm³/mol. The lowest BCUT2D eigenvalue weighted by atomic mass is 10.1. The molecular formula is C11H9ClO2. The maximum atomic E-state index is 11.1. The van der Waals surface area contributed by atoms with Crippen LogP contribution in [-0.4, -0.2) is 5.97 Å². The molecule has 0 aliphatic carbocycles. The standard InChI is InChI=1S/C11H9ClO2/c1-7-6-10(14-11(7)13)8-2-4-9(12)5-3-8/h2-6,10H,1H3. The zero-order valence-corrected chi connectivity index (χ0v) is 8.41. The topological polar surface area (TPSA) is 26.3 Å².